The van der Waals surface area contributed by atoms with Gasteiger partial charge in [-0.2, -0.15) is 0 Å². The molecule has 9 nitrogen and oxygen atoms in total. The summed E-state index contributed by atoms with van der Waals surface area (Å²) in [6, 6.07) is 19.7. The Labute approximate surface area is 253 Å². The Morgan fingerprint density at radius 2 is 1.82 bits per heavy atom. The lowest BCUT2D eigenvalue weighted by atomic mass is 9.87. The first-order chi connectivity index (χ1) is 21.3. The van der Waals surface area contributed by atoms with Crippen molar-refractivity contribution >= 4 is 45.9 Å². The van der Waals surface area contributed by atoms with Crippen molar-refractivity contribution in [1.82, 2.24) is 9.97 Å². The van der Waals surface area contributed by atoms with E-state index in [1.165, 1.54) is 42.7 Å². The van der Waals surface area contributed by atoms with E-state index in [2.05, 4.69) is 15.3 Å². The van der Waals surface area contributed by atoms with Crippen LogP contribution in [0.5, 0.6) is 11.5 Å². The van der Waals surface area contributed by atoms with Gasteiger partial charge in [-0.3, -0.25) is 4.79 Å². The second-order valence-electron chi connectivity index (χ2n) is 10.2. The minimum Gasteiger partial charge on any atom is -0.496 e. The van der Waals surface area contributed by atoms with E-state index in [4.69, 9.17) is 15.2 Å². The predicted molar refractivity (Wildman–Crippen MR) is 167 cm³/mol. The number of methoxy groups -OCH3 is 1. The molecule has 4 aromatic carbocycles. The monoisotopic (exact) mass is 606 g/mol. The molecule has 0 spiro atoms. The van der Waals surface area contributed by atoms with Gasteiger partial charge in [-0.15, -0.1) is 11.3 Å². The number of carboxylic acids is 1. The highest BCUT2D eigenvalue weighted by atomic mass is 32.1. The van der Waals surface area contributed by atoms with E-state index in [0.29, 0.717) is 56.0 Å². The van der Waals surface area contributed by atoms with Gasteiger partial charge in [-0.05, 0) is 94.4 Å². The number of aromatic carboxylic acids is 1. The maximum atomic E-state index is 14.2. The molecule has 0 aliphatic carbocycles. The van der Waals surface area contributed by atoms with Gasteiger partial charge in [0.2, 0.25) is 0 Å². The first-order valence-corrected chi connectivity index (χ1v) is 14.3. The topological polar surface area (TPSA) is 140 Å². The molecule has 44 heavy (non-hydrogen) atoms. The molecule has 6 aromatic rings. The molecule has 0 bridgehead atoms. The Bertz CT molecular complexity index is 2120. The van der Waals surface area contributed by atoms with Gasteiger partial charge in [0.15, 0.2) is 5.95 Å². The van der Waals surface area contributed by atoms with Gasteiger partial charge in [0, 0.05) is 27.3 Å². The zero-order valence-electron chi connectivity index (χ0n) is 23.1. The highest BCUT2D eigenvalue weighted by Crippen LogP contribution is 2.44. The van der Waals surface area contributed by atoms with Gasteiger partial charge in [-0.25, -0.2) is 14.2 Å². The van der Waals surface area contributed by atoms with Crippen molar-refractivity contribution < 1.29 is 28.6 Å². The van der Waals surface area contributed by atoms with E-state index in [-0.39, 0.29) is 29.2 Å². The Hall–Kier alpha value is -5.68. The number of nitrogens with one attached hydrogen (secondary N) is 2. The van der Waals surface area contributed by atoms with Gasteiger partial charge in [0.25, 0.3) is 5.91 Å². The summed E-state index contributed by atoms with van der Waals surface area (Å²) in [5, 5.41) is 15.2. The number of imidazole rings is 1. The average molecular weight is 607 g/mol. The highest BCUT2D eigenvalue weighted by molar-refractivity contribution is 7.13. The third-order valence-electron chi connectivity index (χ3n) is 7.51. The number of halogens is 1. The Morgan fingerprint density at radius 1 is 1.00 bits per heavy atom. The number of nitrogens with zero attached hydrogens (tertiary/aromatic N) is 1. The molecule has 1 aliphatic rings. The molecule has 5 N–H and O–H groups in total. The van der Waals surface area contributed by atoms with Gasteiger partial charge < -0.3 is 30.6 Å². The van der Waals surface area contributed by atoms with Crippen LogP contribution in [0.3, 0.4) is 0 Å². The van der Waals surface area contributed by atoms with E-state index in [9.17, 15) is 19.1 Å². The molecule has 0 fully saturated rings. The summed E-state index contributed by atoms with van der Waals surface area (Å²) >= 11 is 1.48. The summed E-state index contributed by atoms with van der Waals surface area (Å²) in [4.78, 5) is 34.8. The minimum atomic E-state index is -1.21. The van der Waals surface area contributed by atoms with Crippen LogP contribution in [0.2, 0.25) is 0 Å². The fourth-order valence-corrected chi connectivity index (χ4v) is 6.25. The number of anilines is 2. The van der Waals surface area contributed by atoms with E-state index in [1.54, 1.807) is 36.4 Å². The van der Waals surface area contributed by atoms with E-state index in [1.807, 2.05) is 17.5 Å². The molecule has 2 aromatic heterocycles. The van der Waals surface area contributed by atoms with Gasteiger partial charge in [-0.1, -0.05) is 6.07 Å². The first kappa shape index (κ1) is 27.2. The van der Waals surface area contributed by atoms with Crippen LogP contribution in [0.25, 0.3) is 43.7 Å². The van der Waals surface area contributed by atoms with Crippen LogP contribution in [0, 0.1) is 5.82 Å². The number of carbonyl (C=O) groups excluding carboxylic acids is 1. The summed E-state index contributed by atoms with van der Waals surface area (Å²) in [7, 11) is 1.52. The number of benzene rings is 4. The predicted octanol–water partition coefficient (Wildman–Crippen LogP) is 7.20. The van der Waals surface area contributed by atoms with Crippen molar-refractivity contribution in [2.75, 3.05) is 18.2 Å². The van der Waals surface area contributed by atoms with Crippen LogP contribution in [-0.2, 0) is 6.61 Å². The maximum Gasteiger partial charge on any atom is 0.336 e. The molecule has 0 saturated carbocycles. The number of H-pyrrole nitrogens is 1. The van der Waals surface area contributed by atoms with Gasteiger partial charge in [0.05, 0.1) is 23.7 Å². The molecular formula is C33H23FN4O5S. The number of carbonyl (C=O) groups is 2. The number of aromatic amines is 1. The summed E-state index contributed by atoms with van der Waals surface area (Å²) in [5.41, 5.74) is 10.7. The highest BCUT2D eigenvalue weighted by Gasteiger charge is 2.27. The summed E-state index contributed by atoms with van der Waals surface area (Å²) < 4.78 is 25.8. The third-order valence-corrected chi connectivity index (χ3v) is 8.41. The number of ether oxygens (including phenoxy) is 2. The third kappa shape index (κ3) is 4.69. The number of nitrogens with two attached hydrogens (primary N) is 1. The van der Waals surface area contributed by atoms with Crippen molar-refractivity contribution in [3.8, 4) is 44.2 Å². The molecule has 0 saturated heterocycles. The van der Waals surface area contributed by atoms with E-state index >= 15 is 0 Å². The molecule has 11 heteroatoms. The lowest BCUT2D eigenvalue weighted by Crippen LogP contribution is -2.15. The Kier molecular flexibility index (Phi) is 6.51. The quantitative estimate of drug-likeness (QED) is 0.157. The zero-order chi connectivity index (χ0) is 30.5. The van der Waals surface area contributed by atoms with Crippen LogP contribution in [0.1, 0.15) is 26.3 Å². The van der Waals surface area contributed by atoms with Crippen molar-refractivity contribution in [3.05, 3.63) is 101 Å². The zero-order valence-corrected chi connectivity index (χ0v) is 23.9. The molecule has 1 aliphatic heterocycles. The maximum absolute atomic E-state index is 14.2. The van der Waals surface area contributed by atoms with Gasteiger partial charge in [0.1, 0.15) is 23.9 Å². The summed E-state index contributed by atoms with van der Waals surface area (Å²) in [5.74, 6) is -0.964. The largest absolute Gasteiger partial charge is 0.496 e. The van der Waals surface area contributed by atoms with Crippen molar-refractivity contribution in [2.45, 2.75) is 6.61 Å². The van der Waals surface area contributed by atoms with Gasteiger partial charge >= 0.3 is 5.97 Å². The van der Waals surface area contributed by atoms with E-state index < -0.39 is 17.7 Å². The summed E-state index contributed by atoms with van der Waals surface area (Å²) in [6.07, 6.45) is 0. The molecule has 7 rings (SSSR count). The average Bonchev–Trinajstić information content (AvgIpc) is 3.68. The molecule has 3 heterocycles. The first-order valence-electron chi connectivity index (χ1n) is 13.4. The van der Waals surface area contributed by atoms with Crippen LogP contribution in [0.15, 0.2) is 78.2 Å². The van der Waals surface area contributed by atoms with Crippen LogP contribution in [-0.4, -0.2) is 34.1 Å². The lowest BCUT2D eigenvalue weighted by Gasteiger charge is -2.23. The molecule has 218 valence electrons. The standard InChI is InChI=1S/C33H23FN4O5S/c1-42-29-14-21(20-9-16-15-43-28-7-4-17(34)10-22(28)19(16)12-24(20)32(40)41)23(13-25(29)30-3-2-8-44-30)31(39)36-18-5-6-26-27(11-18)38-33(35)37-26/h2-14H,15H2,1H3,(H,36,39)(H,40,41)(H3,35,37,38). The molecule has 1 amide bonds. The molecular weight excluding hydrogens is 583 g/mol. The number of thiophene rings is 1. The fourth-order valence-electron chi connectivity index (χ4n) is 5.50. The molecule has 0 atom stereocenters. The number of aromatic nitrogens is 2. The SMILES string of the molecule is COc1cc(-c2cc3c(cc2C(=O)O)-c2cc(F)ccc2OC3)c(C(=O)Nc2ccc3nc(N)[nH]c3c2)cc1-c1cccs1. The fraction of sp³-hybridized carbons (Fsp3) is 0.0606. The normalized spacial score (nSPS) is 11.9. The lowest BCUT2D eigenvalue weighted by molar-refractivity contribution is 0.0697. The Morgan fingerprint density at radius 3 is 2.59 bits per heavy atom. The second-order valence-corrected chi connectivity index (χ2v) is 11.1. The van der Waals surface area contributed by atoms with Crippen molar-refractivity contribution in [1.29, 1.82) is 0 Å². The Balaban J connectivity index is 1.42. The second kappa shape index (κ2) is 10.5. The smallest absolute Gasteiger partial charge is 0.336 e. The number of hydrogen-bond donors (Lipinski definition) is 4. The number of fused-ring (bicyclic) bond motifs is 4. The molecule has 0 radical (unpaired) electrons. The van der Waals surface area contributed by atoms with Crippen molar-refractivity contribution in [3.63, 3.8) is 0 Å². The summed E-state index contributed by atoms with van der Waals surface area (Å²) in [6.45, 7) is 0.139. The van der Waals surface area contributed by atoms with Crippen LogP contribution in [0.4, 0.5) is 16.0 Å². The number of rotatable bonds is 6. The number of amides is 1. The van der Waals surface area contributed by atoms with Crippen LogP contribution < -0.4 is 20.5 Å². The molecule has 0 unspecified atom stereocenters. The number of nitrogen functional groups attached to an aromatic ring is 1. The van der Waals surface area contributed by atoms with Crippen LogP contribution >= 0.6 is 11.3 Å². The van der Waals surface area contributed by atoms with Crippen molar-refractivity contribution in [2.24, 2.45) is 0 Å². The number of hydrogen-bond acceptors (Lipinski definition) is 7. The number of carboxylic acid groups (broad SMARTS) is 1. The van der Waals surface area contributed by atoms with E-state index in [0.717, 1.165) is 4.88 Å². The minimum absolute atomic E-state index is 0.0600.